The van der Waals surface area contributed by atoms with Crippen molar-refractivity contribution in [2.75, 3.05) is 19.6 Å². The third kappa shape index (κ3) is 3.87. The number of amides is 2. The summed E-state index contributed by atoms with van der Waals surface area (Å²) >= 11 is 1.51. The van der Waals surface area contributed by atoms with Gasteiger partial charge in [0.2, 0.25) is 5.91 Å². The molecule has 2 aliphatic rings. The number of likely N-dealkylation sites (tertiary alicyclic amines) is 1. The van der Waals surface area contributed by atoms with E-state index in [4.69, 9.17) is 0 Å². The zero-order chi connectivity index (χ0) is 15.4. The number of fused-ring (bicyclic) bond motifs is 2. The van der Waals surface area contributed by atoms with E-state index in [9.17, 15) is 9.59 Å². The van der Waals surface area contributed by atoms with Crippen molar-refractivity contribution in [3.8, 4) is 0 Å². The molecule has 6 heteroatoms. The van der Waals surface area contributed by atoms with Crippen LogP contribution in [-0.2, 0) is 4.79 Å². The molecule has 2 amide bonds. The van der Waals surface area contributed by atoms with E-state index < -0.39 is 0 Å². The van der Waals surface area contributed by atoms with E-state index >= 15 is 0 Å². The predicted molar refractivity (Wildman–Crippen MR) is 87.0 cm³/mol. The van der Waals surface area contributed by atoms with Crippen molar-refractivity contribution < 1.29 is 9.59 Å². The van der Waals surface area contributed by atoms with Crippen molar-refractivity contribution in [2.45, 2.75) is 44.2 Å². The Labute approximate surface area is 135 Å². The predicted octanol–water partition coefficient (Wildman–Crippen LogP) is 1.61. The number of hydrogen-bond acceptors (Lipinski definition) is 4. The quantitative estimate of drug-likeness (QED) is 0.810. The number of rotatable bonds is 5. The highest BCUT2D eigenvalue weighted by molar-refractivity contribution is 7.08. The summed E-state index contributed by atoms with van der Waals surface area (Å²) in [6.45, 7) is 2.27. The summed E-state index contributed by atoms with van der Waals surface area (Å²) < 4.78 is 0. The topological polar surface area (TPSA) is 61.4 Å². The third-order valence-corrected chi connectivity index (χ3v) is 5.20. The Balaban J connectivity index is 1.36. The molecule has 0 spiro atoms. The first kappa shape index (κ1) is 15.5. The lowest BCUT2D eigenvalue weighted by Crippen LogP contribution is -2.39. The first-order chi connectivity index (χ1) is 10.7. The van der Waals surface area contributed by atoms with E-state index in [0.717, 1.165) is 19.5 Å². The lowest BCUT2D eigenvalue weighted by molar-refractivity contribution is -0.131. The van der Waals surface area contributed by atoms with Crippen LogP contribution in [-0.4, -0.2) is 48.4 Å². The molecule has 0 aliphatic carbocycles. The van der Waals surface area contributed by atoms with E-state index in [1.54, 1.807) is 0 Å². The number of carbonyl (C=O) groups excluding carboxylic acids is 2. The van der Waals surface area contributed by atoms with Gasteiger partial charge in [-0.1, -0.05) is 0 Å². The second-order valence-corrected chi connectivity index (χ2v) is 6.92. The van der Waals surface area contributed by atoms with E-state index in [1.165, 1.54) is 24.2 Å². The van der Waals surface area contributed by atoms with Crippen LogP contribution in [0.2, 0.25) is 0 Å². The Kier molecular flexibility index (Phi) is 5.10. The van der Waals surface area contributed by atoms with Gasteiger partial charge in [-0.15, -0.1) is 0 Å². The Bertz CT molecular complexity index is 517. The van der Waals surface area contributed by atoms with E-state index in [0.29, 0.717) is 37.0 Å². The van der Waals surface area contributed by atoms with Gasteiger partial charge in [-0.2, -0.15) is 11.3 Å². The largest absolute Gasteiger partial charge is 0.352 e. The van der Waals surface area contributed by atoms with Crippen LogP contribution in [0.4, 0.5) is 0 Å². The van der Waals surface area contributed by atoms with Gasteiger partial charge in [-0.25, -0.2) is 0 Å². The molecule has 5 nitrogen and oxygen atoms in total. The first-order valence-electron chi connectivity index (χ1n) is 8.06. The molecule has 2 N–H and O–H groups in total. The molecule has 0 saturated carbocycles. The van der Waals surface area contributed by atoms with Crippen molar-refractivity contribution in [1.82, 2.24) is 15.5 Å². The molecular formula is C16H23N3O2S. The summed E-state index contributed by atoms with van der Waals surface area (Å²) in [5, 5.41) is 10.2. The van der Waals surface area contributed by atoms with Crippen LogP contribution in [0.5, 0.6) is 0 Å². The fourth-order valence-electron chi connectivity index (χ4n) is 3.26. The Morgan fingerprint density at radius 2 is 2.18 bits per heavy atom. The van der Waals surface area contributed by atoms with Crippen LogP contribution < -0.4 is 10.6 Å². The second kappa shape index (κ2) is 7.24. The Morgan fingerprint density at radius 1 is 1.32 bits per heavy atom. The zero-order valence-electron chi connectivity index (χ0n) is 12.7. The van der Waals surface area contributed by atoms with Gasteiger partial charge in [0.15, 0.2) is 0 Å². The average molecular weight is 321 g/mol. The summed E-state index contributed by atoms with van der Waals surface area (Å²) in [5.74, 6) is 0.170. The van der Waals surface area contributed by atoms with Crippen LogP contribution in [0.25, 0.3) is 0 Å². The van der Waals surface area contributed by atoms with Crippen LogP contribution in [0, 0.1) is 0 Å². The van der Waals surface area contributed by atoms with Crippen molar-refractivity contribution in [3.05, 3.63) is 22.4 Å². The van der Waals surface area contributed by atoms with Crippen LogP contribution >= 0.6 is 11.3 Å². The normalized spacial score (nSPS) is 24.1. The summed E-state index contributed by atoms with van der Waals surface area (Å²) in [4.78, 5) is 26.1. The van der Waals surface area contributed by atoms with E-state index in [2.05, 4.69) is 10.6 Å². The van der Waals surface area contributed by atoms with Crippen LogP contribution in [0.15, 0.2) is 16.8 Å². The van der Waals surface area contributed by atoms with E-state index in [-0.39, 0.29) is 11.8 Å². The van der Waals surface area contributed by atoms with Crippen molar-refractivity contribution in [1.29, 1.82) is 0 Å². The minimum atomic E-state index is -0.0509. The molecule has 2 fully saturated rings. The van der Waals surface area contributed by atoms with Gasteiger partial charge in [0.25, 0.3) is 5.91 Å². The molecular weight excluding hydrogens is 298 g/mol. The molecule has 0 radical (unpaired) electrons. The molecule has 2 unspecified atom stereocenters. The molecule has 3 heterocycles. The highest BCUT2D eigenvalue weighted by atomic mass is 32.1. The molecule has 120 valence electrons. The van der Waals surface area contributed by atoms with Crippen LogP contribution in [0.1, 0.15) is 42.5 Å². The number of carbonyl (C=O) groups is 2. The summed E-state index contributed by atoms with van der Waals surface area (Å²) in [6, 6.07) is 2.90. The fraction of sp³-hybridized carbons (Fsp3) is 0.625. The maximum Gasteiger partial charge on any atom is 0.252 e. The highest BCUT2D eigenvalue weighted by Gasteiger charge is 2.30. The molecule has 2 aliphatic heterocycles. The summed E-state index contributed by atoms with van der Waals surface area (Å²) in [5.41, 5.74) is 0.700. The van der Waals surface area contributed by atoms with Crippen molar-refractivity contribution in [3.63, 3.8) is 0 Å². The van der Waals surface area contributed by atoms with Crippen molar-refractivity contribution in [2.24, 2.45) is 0 Å². The van der Waals surface area contributed by atoms with Gasteiger partial charge < -0.3 is 15.5 Å². The lowest BCUT2D eigenvalue weighted by Gasteiger charge is -2.24. The fourth-order valence-corrected chi connectivity index (χ4v) is 3.90. The number of nitrogens with one attached hydrogen (secondary N) is 2. The number of thiophene rings is 1. The molecule has 0 aromatic carbocycles. The maximum absolute atomic E-state index is 12.3. The van der Waals surface area contributed by atoms with Crippen LogP contribution in [0.3, 0.4) is 0 Å². The lowest BCUT2D eigenvalue weighted by atomic mass is 10.1. The van der Waals surface area contributed by atoms with Gasteiger partial charge >= 0.3 is 0 Å². The Morgan fingerprint density at radius 3 is 3.00 bits per heavy atom. The monoisotopic (exact) mass is 321 g/mol. The highest BCUT2D eigenvalue weighted by Crippen LogP contribution is 2.20. The Hall–Kier alpha value is -1.40. The van der Waals surface area contributed by atoms with Gasteiger partial charge in [0.05, 0.1) is 0 Å². The second-order valence-electron chi connectivity index (χ2n) is 6.14. The zero-order valence-corrected chi connectivity index (χ0v) is 13.5. The summed E-state index contributed by atoms with van der Waals surface area (Å²) in [7, 11) is 0. The van der Waals surface area contributed by atoms with Gasteiger partial charge in [-0.3, -0.25) is 9.59 Å². The molecule has 1 aromatic rings. The first-order valence-corrected chi connectivity index (χ1v) is 9.01. The van der Waals surface area contributed by atoms with E-state index in [1.807, 2.05) is 21.7 Å². The average Bonchev–Trinajstić information content (AvgIpc) is 3.13. The van der Waals surface area contributed by atoms with Gasteiger partial charge in [0, 0.05) is 49.1 Å². The number of hydrogen-bond donors (Lipinski definition) is 2. The molecule has 3 rings (SSSR count). The minimum Gasteiger partial charge on any atom is -0.352 e. The standard InChI is InChI=1S/C16H23N3O2S/c20-15(19-8-5-13-3-4-14(10-19)18-13)2-1-7-17-16(21)12-6-9-22-11-12/h6,9,11,13-14,18H,1-5,7-8,10H2,(H,17,21). The van der Waals surface area contributed by atoms with Crippen molar-refractivity contribution >= 4 is 23.2 Å². The summed E-state index contributed by atoms with van der Waals surface area (Å²) in [6.07, 6.45) is 4.72. The molecule has 1 aromatic heterocycles. The van der Waals surface area contributed by atoms with Gasteiger partial charge in [-0.05, 0) is 37.1 Å². The molecule has 2 bridgehead atoms. The van der Waals surface area contributed by atoms with Gasteiger partial charge in [0.1, 0.15) is 0 Å². The number of nitrogens with zero attached hydrogens (tertiary/aromatic N) is 1. The molecule has 22 heavy (non-hydrogen) atoms. The third-order valence-electron chi connectivity index (χ3n) is 4.51. The maximum atomic E-state index is 12.3. The molecule has 2 saturated heterocycles. The molecule has 2 atom stereocenters. The SMILES string of the molecule is O=C(NCCCC(=O)N1CCC2CCC(C1)N2)c1ccsc1. The minimum absolute atomic E-state index is 0.0509. The smallest absolute Gasteiger partial charge is 0.252 e.